The summed E-state index contributed by atoms with van der Waals surface area (Å²) in [5.41, 5.74) is 5.53. The number of carbonyl (C=O) groups is 2. The van der Waals surface area contributed by atoms with Crippen LogP contribution in [0.25, 0.3) is 11.1 Å². The van der Waals surface area contributed by atoms with Crippen LogP contribution < -0.4 is 14.9 Å². The van der Waals surface area contributed by atoms with Gasteiger partial charge in [0.05, 0.1) is 11.8 Å². The fourth-order valence-corrected chi connectivity index (χ4v) is 3.55. The Morgan fingerprint density at radius 1 is 0.829 bits per heavy atom. The maximum atomic E-state index is 12.4. The van der Waals surface area contributed by atoms with E-state index >= 15 is 0 Å². The van der Waals surface area contributed by atoms with Gasteiger partial charge in [0.15, 0.2) is 6.61 Å². The van der Waals surface area contributed by atoms with E-state index in [0.717, 1.165) is 15.6 Å². The van der Waals surface area contributed by atoms with Crippen LogP contribution in [0.15, 0.2) is 113 Å². The standard InChI is InChI=1S/C28H21BrN2O4/c29-24-13-16-26(35-28(33)22-9-5-2-6-10-22)23(17-24)18-30-31-27(32)19-34-25-14-11-21(12-15-25)20-7-3-1-4-8-20/h1-18H,19H2,(H,31,32)/b30-18-. The van der Waals surface area contributed by atoms with Crippen molar-refractivity contribution in [2.45, 2.75) is 0 Å². The highest BCUT2D eigenvalue weighted by Crippen LogP contribution is 2.23. The quantitative estimate of drug-likeness (QED) is 0.134. The van der Waals surface area contributed by atoms with Crippen molar-refractivity contribution in [3.05, 3.63) is 119 Å². The van der Waals surface area contributed by atoms with E-state index in [-0.39, 0.29) is 6.61 Å². The average Bonchev–Trinajstić information content (AvgIpc) is 2.90. The number of amides is 1. The van der Waals surface area contributed by atoms with E-state index in [1.807, 2.05) is 60.7 Å². The number of ether oxygens (including phenoxy) is 2. The lowest BCUT2D eigenvalue weighted by Crippen LogP contribution is -2.24. The molecule has 4 rings (SSSR count). The molecule has 0 aromatic heterocycles. The molecule has 4 aromatic rings. The monoisotopic (exact) mass is 528 g/mol. The summed E-state index contributed by atoms with van der Waals surface area (Å²) in [5, 5.41) is 3.97. The Morgan fingerprint density at radius 2 is 1.49 bits per heavy atom. The second kappa shape index (κ2) is 11.8. The summed E-state index contributed by atoms with van der Waals surface area (Å²) < 4.78 is 11.8. The zero-order valence-corrected chi connectivity index (χ0v) is 20.1. The molecule has 0 heterocycles. The normalized spacial score (nSPS) is 10.7. The molecule has 0 aliphatic rings. The van der Waals surface area contributed by atoms with Crippen LogP contribution >= 0.6 is 15.9 Å². The number of esters is 1. The predicted molar refractivity (Wildman–Crippen MR) is 139 cm³/mol. The molecule has 0 saturated heterocycles. The smallest absolute Gasteiger partial charge is 0.343 e. The molecule has 1 amide bonds. The summed E-state index contributed by atoms with van der Waals surface area (Å²) in [6.07, 6.45) is 1.41. The molecule has 0 radical (unpaired) electrons. The van der Waals surface area contributed by atoms with E-state index in [9.17, 15) is 9.59 Å². The lowest BCUT2D eigenvalue weighted by molar-refractivity contribution is -0.123. The van der Waals surface area contributed by atoms with Gasteiger partial charge in [-0.3, -0.25) is 4.79 Å². The number of hydrogen-bond donors (Lipinski definition) is 1. The van der Waals surface area contributed by atoms with Gasteiger partial charge in [0.25, 0.3) is 5.91 Å². The van der Waals surface area contributed by atoms with E-state index in [0.29, 0.717) is 22.6 Å². The summed E-state index contributed by atoms with van der Waals surface area (Å²) >= 11 is 3.39. The molecule has 0 unspecified atom stereocenters. The first-order chi connectivity index (χ1) is 17.1. The number of rotatable bonds is 8. The first-order valence-electron chi connectivity index (χ1n) is 10.8. The Hall–Kier alpha value is -4.23. The Labute approximate surface area is 211 Å². The summed E-state index contributed by atoms with van der Waals surface area (Å²) in [7, 11) is 0. The number of hydrazone groups is 1. The lowest BCUT2D eigenvalue weighted by Gasteiger charge is -2.08. The van der Waals surface area contributed by atoms with Gasteiger partial charge in [0.1, 0.15) is 11.5 Å². The van der Waals surface area contributed by atoms with Gasteiger partial charge in [-0.1, -0.05) is 76.6 Å². The number of halogens is 1. The molecule has 1 N–H and O–H groups in total. The van der Waals surface area contributed by atoms with Crippen LogP contribution in [0.5, 0.6) is 11.5 Å². The summed E-state index contributed by atoms with van der Waals surface area (Å²) in [4.78, 5) is 24.6. The number of carbonyl (C=O) groups excluding carboxylic acids is 2. The van der Waals surface area contributed by atoms with Crippen molar-refractivity contribution >= 4 is 34.0 Å². The topological polar surface area (TPSA) is 77.0 Å². The van der Waals surface area contributed by atoms with E-state index in [1.54, 1.807) is 42.5 Å². The van der Waals surface area contributed by atoms with E-state index < -0.39 is 11.9 Å². The third-order valence-corrected chi connectivity index (χ3v) is 5.40. The zero-order valence-electron chi connectivity index (χ0n) is 18.6. The molecule has 0 aliphatic carbocycles. The number of benzene rings is 4. The highest BCUT2D eigenvalue weighted by atomic mass is 79.9. The highest BCUT2D eigenvalue weighted by molar-refractivity contribution is 9.10. The summed E-state index contributed by atoms with van der Waals surface area (Å²) in [6, 6.07) is 31.3. The maximum absolute atomic E-state index is 12.4. The minimum atomic E-state index is -0.488. The fourth-order valence-electron chi connectivity index (χ4n) is 3.18. The van der Waals surface area contributed by atoms with Crippen molar-refractivity contribution in [2.75, 3.05) is 6.61 Å². The molecular formula is C28H21BrN2O4. The Morgan fingerprint density at radius 3 is 2.20 bits per heavy atom. The zero-order chi connectivity index (χ0) is 24.5. The van der Waals surface area contributed by atoms with Gasteiger partial charge in [0.2, 0.25) is 0 Å². The van der Waals surface area contributed by atoms with E-state index in [1.165, 1.54) is 6.21 Å². The van der Waals surface area contributed by atoms with Crippen LogP contribution in [0.1, 0.15) is 15.9 Å². The molecule has 7 heteroatoms. The summed E-state index contributed by atoms with van der Waals surface area (Å²) in [6.45, 7) is -0.198. The van der Waals surface area contributed by atoms with Crippen LogP contribution in [0.3, 0.4) is 0 Å². The molecule has 35 heavy (non-hydrogen) atoms. The van der Waals surface area contributed by atoms with Crippen LogP contribution in [0.2, 0.25) is 0 Å². The molecule has 6 nitrogen and oxygen atoms in total. The predicted octanol–water partition coefficient (Wildman–Crippen LogP) is 5.86. The minimum Gasteiger partial charge on any atom is -0.484 e. The number of nitrogens with zero attached hydrogens (tertiary/aromatic N) is 1. The second-order valence-electron chi connectivity index (χ2n) is 7.41. The van der Waals surface area contributed by atoms with Crippen LogP contribution in [0.4, 0.5) is 0 Å². The minimum absolute atomic E-state index is 0.198. The molecule has 0 fully saturated rings. The van der Waals surface area contributed by atoms with Crippen molar-refractivity contribution in [1.82, 2.24) is 5.43 Å². The van der Waals surface area contributed by atoms with Crippen molar-refractivity contribution in [1.29, 1.82) is 0 Å². The van der Waals surface area contributed by atoms with Gasteiger partial charge in [-0.15, -0.1) is 0 Å². The number of nitrogens with one attached hydrogen (secondary N) is 1. The van der Waals surface area contributed by atoms with Gasteiger partial charge in [-0.05, 0) is 53.6 Å². The average molecular weight is 529 g/mol. The molecule has 174 valence electrons. The molecule has 0 spiro atoms. The van der Waals surface area contributed by atoms with Crippen molar-refractivity contribution in [3.63, 3.8) is 0 Å². The van der Waals surface area contributed by atoms with Crippen molar-refractivity contribution < 1.29 is 19.1 Å². The second-order valence-corrected chi connectivity index (χ2v) is 8.33. The molecule has 0 bridgehead atoms. The van der Waals surface area contributed by atoms with E-state index in [2.05, 4.69) is 26.5 Å². The SMILES string of the molecule is O=C(COc1ccc(-c2ccccc2)cc1)N/N=C\c1cc(Br)ccc1OC(=O)c1ccccc1. The van der Waals surface area contributed by atoms with Crippen LogP contribution in [0, 0.1) is 0 Å². The van der Waals surface area contributed by atoms with Gasteiger partial charge in [-0.25, -0.2) is 10.2 Å². The Balaban J connectivity index is 1.32. The largest absolute Gasteiger partial charge is 0.484 e. The molecule has 0 aliphatic heterocycles. The third-order valence-electron chi connectivity index (χ3n) is 4.91. The molecular weight excluding hydrogens is 508 g/mol. The highest BCUT2D eigenvalue weighted by Gasteiger charge is 2.11. The van der Waals surface area contributed by atoms with Gasteiger partial charge in [0, 0.05) is 10.0 Å². The van der Waals surface area contributed by atoms with Crippen molar-refractivity contribution in [2.24, 2.45) is 5.10 Å². The number of hydrogen-bond acceptors (Lipinski definition) is 5. The first-order valence-corrected chi connectivity index (χ1v) is 11.5. The summed E-state index contributed by atoms with van der Waals surface area (Å²) in [5.74, 6) is -0.0229. The maximum Gasteiger partial charge on any atom is 0.343 e. The van der Waals surface area contributed by atoms with Crippen LogP contribution in [-0.4, -0.2) is 24.7 Å². The first kappa shape index (κ1) is 23.9. The van der Waals surface area contributed by atoms with Gasteiger partial charge >= 0.3 is 5.97 Å². The molecule has 4 aromatic carbocycles. The lowest BCUT2D eigenvalue weighted by atomic mass is 10.1. The third kappa shape index (κ3) is 6.88. The Bertz CT molecular complexity index is 1320. The molecule has 0 saturated carbocycles. The van der Waals surface area contributed by atoms with Crippen LogP contribution in [-0.2, 0) is 4.79 Å². The fraction of sp³-hybridized carbons (Fsp3) is 0.0357. The van der Waals surface area contributed by atoms with E-state index in [4.69, 9.17) is 9.47 Å². The van der Waals surface area contributed by atoms with Crippen molar-refractivity contribution in [3.8, 4) is 22.6 Å². The van der Waals surface area contributed by atoms with Gasteiger partial charge in [-0.2, -0.15) is 5.10 Å². The Kier molecular flexibility index (Phi) is 8.04. The van der Waals surface area contributed by atoms with Gasteiger partial charge < -0.3 is 9.47 Å². The molecule has 0 atom stereocenters.